The highest BCUT2D eigenvalue weighted by Gasteiger charge is 2.33. The Balaban J connectivity index is 1.49. The minimum Gasteiger partial charge on any atom is -0.413 e. The lowest BCUT2D eigenvalue weighted by Gasteiger charge is -2.28. The highest BCUT2D eigenvalue weighted by molar-refractivity contribution is 7.90. The van der Waals surface area contributed by atoms with E-state index in [0.717, 1.165) is 0 Å². The fourth-order valence-electron chi connectivity index (χ4n) is 4.29. The third-order valence-corrected chi connectivity index (χ3v) is 8.11. The summed E-state index contributed by atoms with van der Waals surface area (Å²) in [7, 11) is -3.79. The lowest BCUT2D eigenvalue weighted by Crippen LogP contribution is -2.47. The van der Waals surface area contributed by atoms with Gasteiger partial charge in [0.15, 0.2) is 9.84 Å². The van der Waals surface area contributed by atoms with Gasteiger partial charge in [-0.1, -0.05) is 37.3 Å². The fraction of sp³-hybridized carbons (Fsp3) is 0.407. The molecule has 212 valence electrons. The molecule has 2 atom stereocenters. The number of amides is 2. The number of aromatic nitrogens is 3. The van der Waals surface area contributed by atoms with Crippen LogP contribution in [0, 0.1) is 5.92 Å². The molecular formula is C27H31N5O7S. The van der Waals surface area contributed by atoms with Crippen molar-refractivity contribution in [2.45, 2.75) is 31.6 Å². The molecule has 3 heterocycles. The quantitative estimate of drug-likeness (QED) is 0.318. The first-order valence-corrected chi connectivity index (χ1v) is 14.8. The third kappa shape index (κ3) is 7.79. The zero-order valence-electron chi connectivity index (χ0n) is 22.1. The van der Waals surface area contributed by atoms with Crippen molar-refractivity contribution in [2.24, 2.45) is 5.92 Å². The summed E-state index contributed by atoms with van der Waals surface area (Å²) in [5.74, 6) is -3.94. The van der Waals surface area contributed by atoms with Crippen LogP contribution in [0.3, 0.4) is 0 Å². The first-order valence-electron chi connectivity index (χ1n) is 12.9. The number of nitrogens with one attached hydrogen (secondary N) is 1. The number of carbonyl (C=O) groups excluding carboxylic acids is 3. The van der Waals surface area contributed by atoms with Crippen LogP contribution in [-0.2, 0) is 29.9 Å². The number of hydrogen-bond donors (Lipinski definition) is 1. The summed E-state index contributed by atoms with van der Waals surface area (Å²) in [5, 5.41) is 10.3. The Kier molecular flexibility index (Phi) is 9.72. The standard InChI is InChI=1S/C27H31N5O7S/c1-2-22(24(34)27-31-30-26(39-27)20-9-6-10-28-16-20)29-25(35)21(15-23(33)32-11-13-38-14-12-32)18-40(36,37)17-19-7-4-3-5-8-19/h3-10,16,21-22H,2,11-15,17-18H2,1H3,(H,29,35). The van der Waals surface area contributed by atoms with Crippen molar-refractivity contribution in [3.8, 4) is 11.5 Å². The van der Waals surface area contributed by atoms with Gasteiger partial charge in [-0.15, -0.1) is 10.2 Å². The van der Waals surface area contributed by atoms with Crippen LogP contribution < -0.4 is 5.32 Å². The Morgan fingerprint density at radius 1 is 1.05 bits per heavy atom. The molecule has 2 unspecified atom stereocenters. The van der Waals surface area contributed by atoms with Gasteiger partial charge in [0.05, 0.1) is 42.2 Å². The van der Waals surface area contributed by atoms with Crippen LogP contribution in [0.4, 0.5) is 0 Å². The number of ether oxygens (including phenoxy) is 1. The highest BCUT2D eigenvalue weighted by Crippen LogP contribution is 2.19. The van der Waals surface area contributed by atoms with Crippen LogP contribution in [0.5, 0.6) is 0 Å². The molecule has 0 radical (unpaired) electrons. The smallest absolute Gasteiger partial charge is 0.286 e. The number of nitrogens with zero attached hydrogens (tertiary/aromatic N) is 4. The summed E-state index contributed by atoms with van der Waals surface area (Å²) >= 11 is 0. The van der Waals surface area contributed by atoms with E-state index in [-0.39, 0.29) is 36.3 Å². The van der Waals surface area contributed by atoms with Gasteiger partial charge in [0.2, 0.25) is 23.5 Å². The van der Waals surface area contributed by atoms with E-state index in [1.165, 1.54) is 6.20 Å². The van der Waals surface area contributed by atoms with Crippen molar-refractivity contribution in [1.29, 1.82) is 0 Å². The maximum Gasteiger partial charge on any atom is 0.286 e. The molecule has 3 aromatic rings. The number of carbonyl (C=O) groups is 3. The van der Waals surface area contributed by atoms with Gasteiger partial charge in [0.25, 0.3) is 5.89 Å². The topological polar surface area (TPSA) is 162 Å². The molecule has 1 aliphatic heterocycles. The molecule has 1 aromatic carbocycles. The predicted octanol–water partition coefficient (Wildman–Crippen LogP) is 1.69. The molecule has 12 nitrogen and oxygen atoms in total. The van der Waals surface area contributed by atoms with Crippen LogP contribution >= 0.6 is 0 Å². The zero-order valence-corrected chi connectivity index (χ0v) is 22.9. The number of hydrogen-bond acceptors (Lipinski definition) is 10. The second-order valence-electron chi connectivity index (χ2n) is 9.42. The average molecular weight is 570 g/mol. The molecule has 1 aliphatic rings. The lowest BCUT2D eigenvalue weighted by molar-refractivity contribution is -0.139. The van der Waals surface area contributed by atoms with E-state index in [2.05, 4.69) is 20.5 Å². The first-order chi connectivity index (χ1) is 19.3. The van der Waals surface area contributed by atoms with Gasteiger partial charge in [0.1, 0.15) is 0 Å². The van der Waals surface area contributed by atoms with E-state index in [1.54, 1.807) is 60.5 Å². The number of morpholine rings is 1. The second-order valence-corrected chi connectivity index (χ2v) is 11.5. The van der Waals surface area contributed by atoms with Crippen molar-refractivity contribution in [2.75, 3.05) is 32.1 Å². The number of pyridine rings is 1. The summed E-state index contributed by atoms with van der Waals surface area (Å²) in [6, 6.07) is 10.9. The third-order valence-electron chi connectivity index (χ3n) is 6.43. The maximum absolute atomic E-state index is 13.4. The molecule has 2 aromatic heterocycles. The van der Waals surface area contributed by atoms with E-state index >= 15 is 0 Å². The van der Waals surface area contributed by atoms with Gasteiger partial charge in [-0.3, -0.25) is 19.4 Å². The van der Waals surface area contributed by atoms with Gasteiger partial charge in [-0.25, -0.2) is 8.42 Å². The Labute approximate surface area is 232 Å². The summed E-state index contributed by atoms with van der Waals surface area (Å²) in [5.41, 5.74) is 1.10. The van der Waals surface area contributed by atoms with Crippen LogP contribution in [-0.4, -0.2) is 84.2 Å². The van der Waals surface area contributed by atoms with Crippen molar-refractivity contribution in [3.63, 3.8) is 0 Å². The monoisotopic (exact) mass is 569 g/mol. The molecule has 0 aliphatic carbocycles. The van der Waals surface area contributed by atoms with Crippen LogP contribution in [0.1, 0.15) is 36.0 Å². The van der Waals surface area contributed by atoms with E-state index in [1.807, 2.05) is 0 Å². The lowest BCUT2D eigenvalue weighted by atomic mass is 10.0. The van der Waals surface area contributed by atoms with Gasteiger partial charge in [0, 0.05) is 31.9 Å². The van der Waals surface area contributed by atoms with E-state index in [4.69, 9.17) is 9.15 Å². The van der Waals surface area contributed by atoms with Gasteiger partial charge in [-0.05, 0) is 24.1 Å². The SMILES string of the molecule is CCC(NC(=O)C(CC(=O)N1CCOCC1)CS(=O)(=O)Cc1ccccc1)C(=O)c1nnc(-c2cccnc2)o1. The normalized spacial score (nSPS) is 15.3. The molecule has 2 amide bonds. The van der Waals surface area contributed by atoms with Gasteiger partial charge in [-0.2, -0.15) is 0 Å². The summed E-state index contributed by atoms with van der Waals surface area (Å²) in [6.07, 6.45) is 2.94. The van der Waals surface area contributed by atoms with E-state index in [9.17, 15) is 22.8 Å². The molecule has 1 saturated heterocycles. The minimum atomic E-state index is -3.79. The minimum absolute atomic E-state index is 0.0959. The average Bonchev–Trinajstić information content (AvgIpc) is 3.47. The molecule has 13 heteroatoms. The van der Waals surface area contributed by atoms with Crippen molar-refractivity contribution in [1.82, 2.24) is 25.4 Å². The molecule has 1 N–H and O–H groups in total. The van der Waals surface area contributed by atoms with Crippen molar-refractivity contribution in [3.05, 3.63) is 66.3 Å². The predicted molar refractivity (Wildman–Crippen MR) is 144 cm³/mol. The molecule has 1 fully saturated rings. The zero-order chi connectivity index (χ0) is 28.5. The maximum atomic E-state index is 13.4. The number of Topliss-reactive ketones (excluding diaryl/α,β-unsaturated/α-hetero) is 1. The van der Waals surface area contributed by atoms with Crippen LogP contribution in [0.15, 0.2) is 59.3 Å². The summed E-state index contributed by atoms with van der Waals surface area (Å²) in [4.78, 5) is 45.1. The van der Waals surface area contributed by atoms with Gasteiger partial charge >= 0.3 is 0 Å². The van der Waals surface area contributed by atoms with Crippen LogP contribution in [0.25, 0.3) is 11.5 Å². The Bertz CT molecular complexity index is 1410. The largest absolute Gasteiger partial charge is 0.413 e. The van der Waals surface area contributed by atoms with E-state index < -0.39 is 39.2 Å². The number of ketones is 1. The van der Waals surface area contributed by atoms with Crippen molar-refractivity contribution >= 4 is 27.4 Å². The Morgan fingerprint density at radius 2 is 1.80 bits per heavy atom. The molecule has 4 rings (SSSR count). The highest BCUT2D eigenvalue weighted by atomic mass is 32.2. The van der Waals surface area contributed by atoms with Gasteiger partial charge < -0.3 is 19.4 Å². The molecule has 0 spiro atoms. The van der Waals surface area contributed by atoms with Crippen LogP contribution in [0.2, 0.25) is 0 Å². The molecule has 0 bridgehead atoms. The van der Waals surface area contributed by atoms with Crippen molar-refractivity contribution < 1.29 is 32.0 Å². The number of rotatable bonds is 12. The van der Waals surface area contributed by atoms with E-state index in [0.29, 0.717) is 37.4 Å². The molecular weight excluding hydrogens is 538 g/mol. The summed E-state index contributed by atoms with van der Waals surface area (Å²) in [6.45, 7) is 3.13. The summed E-state index contributed by atoms with van der Waals surface area (Å²) < 4.78 is 37.0. The Morgan fingerprint density at radius 3 is 2.48 bits per heavy atom. The fourth-order valence-corrected chi connectivity index (χ4v) is 5.99. The molecule has 0 saturated carbocycles. The number of benzene rings is 1. The number of sulfone groups is 1. The molecule has 40 heavy (non-hydrogen) atoms. The second kappa shape index (κ2) is 13.4. The Hall–Kier alpha value is -3.97. The first kappa shape index (κ1) is 29.0.